The fourth-order valence-corrected chi connectivity index (χ4v) is 3.76. The van der Waals surface area contributed by atoms with E-state index in [9.17, 15) is 9.59 Å². The number of anilines is 1. The second-order valence-electron chi connectivity index (χ2n) is 9.27. The van der Waals surface area contributed by atoms with Crippen molar-refractivity contribution in [3.05, 3.63) is 64.7 Å². The molecule has 0 aliphatic carbocycles. The minimum absolute atomic E-state index is 0.00932. The fraction of sp³-hybridized carbons (Fsp3) is 0.423. The quantitative estimate of drug-likeness (QED) is 0.316. The molecule has 1 N–H and O–H groups in total. The van der Waals surface area contributed by atoms with Crippen LogP contribution in [-0.4, -0.2) is 49.6 Å². The lowest BCUT2D eigenvalue weighted by molar-refractivity contribution is 0.0502. The summed E-state index contributed by atoms with van der Waals surface area (Å²) in [5.74, 6) is -2.77. The molecule has 2 aromatic carbocycles. The lowest BCUT2D eigenvalue weighted by atomic mass is 10.1. The number of alkyl carbamates (subject to hydrolysis) is 1. The van der Waals surface area contributed by atoms with Gasteiger partial charge in [-0.25, -0.2) is 18.4 Å². The van der Waals surface area contributed by atoms with Gasteiger partial charge in [0.05, 0.1) is 35.7 Å². The van der Waals surface area contributed by atoms with Gasteiger partial charge in [-0.05, 0) is 45.7 Å². The van der Waals surface area contributed by atoms with Crippen LogP contribution in [0.5, 0.6) is 0 Å². The maximum Gasteiger partial charge on any atom is 0.407 e. The SMILES string of the molecule is CCOC(=O)c1cc(F)c(N2CCC(NC(=O)OC(C)(C)C)C2)c(C=NOCc2ccccc2)c1F. The highest BCUT2D eigenvalue weighted by molar-refractivity contribution is 5.96. The van der Waals surface area contributed by atoms with Gasteiger partial charge in [0.2, 0.25) is 0 Å². The second kappa shape index (κ2) is 11.8. The van der Waals surface area contributed by atoms with E-state index >= 15 is 8.78 Å². The Labute approximate surface area is 209 Å². The molecular formula is C26H31F2N3O5. The molecule has 8 nitrogen and oxygen atoms in total. The monoisotopic (exact) mass is 503 g/mol. The molecule has 1 heterocycles. The van der Waals surface area contributed by atoms with Gasteiger partial charge >= 0.3 is 12.1 Å². The first kappa shape index (κ1) is 26.9. The number of nitrogens with zero attached hydrogens (tertiary/aromatic N) is 2. The van der Waals surface area contributed by atoms with Crippen LogP contribution in [0.25, 0.3) is 0 Å². The molecule has 194 valence electrons. The predicted octanol–water partition coefficient (Wildman–Crippen LogP) is 4.80. The molecule has 1 aliphatic heterocycles. The van der Waals surface area contributed by atoms with Gasteiger partial charge < -0.3 is 24.5 Å². The van der Waals surface area contributed by atoms with Gasteiger partial charge in [-0.3, -0.25) is 0 Å². The van der Waals surface area contributed by atoms with Gasteiger partial charge in [-0.2, -0.15) is 0 Å². The van der Waals surface area contributed by atoms with Crippen LogP contribution >= 0.6 is 0 Å². The number of oxime groups is 1. The molecule has 0 saturated carbocycles. The molecule has 2 aromatic rings. The summed E-state index contributed by atoms with van der Waals surface area (Å²) >= 11 is 0. The highest BCUT2D eigenvalue weighted by Gasteiger charge is 2.32. The molecule has 0 aromatic heterocycles. The summed E-state index contributed by atoms with van der Waals surface area (Å²) in [6.45, 7) is 7.51. The lowest BCUT2D eigenvalue weighted by Crippen LogP contribution is -2.40. The largest absolute Gasteiger partial charge is 0.462 e. The average molecular weight is 504 g/mol. The molecule has 0 bridgehead atoms. The van der Waals surface area contributed by atoms with Crippen molar-refractivity contribution in [1.82, 2.24) is 5.32 Å². The fourth-order valence-electron chi connectivity index (χ4n) is 3.76. The maximum atomic E-state index is 15.5. The highest BCUT2D eigenvalue weighted by Crippen LogP contribution is 2.31. The first-order valence-electron chi connectivity index (χ1n) is 11.7. The Hall–Kier alpha value is -3.69. The molecule has 1 saturated heterocycles. The van der Waals surface area contributed by atoms with Crippen molar-refractivity contribution in [1.29, 1.82) is 0 Å². The van der Waals surface area contributed by atoms with E-state index in [1.807, 2.05) is 30.3 Å². The smallest absolute Gasteiger partial charge is 0.407 e. The standard InChI is InChI=1S/C26H31F2N3O5/c1-5-34-24(32)19-13-21(27)23(31-12-11-18(15-31)30-25(33)36-26(2,3)4)20(22(19)28)14-29-35-16-17-9-7-6-8-10-17/h6-10,13-14,18H,5,11-12,15-16H2,1-4H3,(H,30,33). The molecule has 1 fully saturated rings. The third kappa shape index (κ3) is 7.16. The van der Waals surface area contributed by atoms with Crippen LogP contribution in [0, 0.1) is 11.6 Å². The Bertz CT molecular complexity index is 1100. The van der Waals surface area contributed by atoms with Gasteiger partial charge in [0.1, 0.15) is 23.8 Å². The van der Waals surface area contributed by atoms with Crippen molar-refractivity contribution >= 4 is 24.0 Å². The summed E-state index contributed by atoms with van der Waals surface area (Å²) in [4.78, 5) is 31.2. The lowest BCUT2D eigenvalue weighted by Gasteiger charge is -2.24. The van der Waals surface area contributed by atoms with Gasteiger partial charge in [0, 0.05) is 13.1 Å². The number of esters is 1. The van der Waals surface area contributed by atoms with Crippen molar-refractivity contribution < 1.29 is 32.7 Å². The number of carbonyl (C=O) groups excluding carboxylic acids is 2. The molecule has 3 rings (SSSR count). The molecule has 10 heteroatoms. The summed E-state index contributed by atoms with van der Waals surface area (Å²) < 4.78 is 40.9. The van der Waals surface area contributed by atoms with Crippen LogP contribution in [0.2, 0.25) is 0 Å². The number of rotatable bonds is 8. The maximum absolute atomic E-state index is 15.5. The summed E-state index contributed by atoms with van der Waals surface area (Å²) in [6.07, 6.45) is 0.949. The van der Waals surface area contributed by atoms with Crippen LogP contribution < -0.4 is 10.2 Å². The van der Waals surface area contributed by atoms with Crippen molar-refractivity contribution in [3.63, 3.8) is 0 Å². The first-order valence-corrected chi connectivity index (χ1v) is 11.7. The summed E-state index contributed by atoms with van der Waals surface area (Å²) in [7, 11) is 0. The van der Waals surface area contributed by atoms with Crippen LogP contribution in [0.15, 0.2) is 41.6 Å². The van der Waals surface area contributed by atoms with E-state index in [-0.39, 0.29) is 37.1 Å². The molecular weight excluding hydrogens is 472 g/mol. The normalized spacial score (nSPS) is 15.7. The van der Waals surface area contributed by atoms with Gasteiger partial charge in [-0.15, -0.1) is 0 Å². The van der Waals surface area contributed by atoms with E-state index in [4.69, 9.17) is 14.3 Å². The second-order valence-corrected chi connectivity index (χ2v) is 9.27. The van der Waals surface area contributed by atoms with Gasteiger partial charge in [0.25, 0.3) is 0 Å². The molecule has 36 heavy (non-hydrogen) atoms. The number of carbonyl (C=O) groups is 2. The number of hydrogen-bond acceptors (Lipinski definition) is 7. The number of halogens is 2. The van der Waals surface area contributed by atoms with Crippen molar-refractivity contribution in [2.45, 2.75) is 52.4 Å². The van der Waals surface area contributed by atoms with E-state index in [2.05, 4.69) is 10.5 Å². The summed E-state index contributed by atoms with van der Waals surface area (Å²) in [6, 6.07) is 9.69. The minimum atomic E-state index is -0.980. The Morgan fingerprint density at radius 1 is 1.22 bits per heavy atom. The van der Waals surface area contributed by atoms with E-state index in [0.29, 0.717) is 13.0 Å². The molecule has 0 radical (unpaired) electrons. The zero-order chi connectivity index (χ0) is 26.3. The van der Waals surface area contributed by atoms with Crippen LogP contribution in [0.1, 0.15) is 55.6 Å². The first-order chi connectivity index (χ1) is 17.1. The minimum Gasteiger partial charge on any atom is -0.462 e. The van der Waals surface area contributed by atoms with Crippen LogP contribution in [0.4, 0.5) is 19.3 Å². The Kier molecular flexibility index (Phi) is 8.84. The van der Waals surface area contributed by atoms with E-state index in [1.165, 1.54) is 0 Å². The number of nitrogens with one attached hydrogen (secondary N) is 1. The Morgan fingerprint density at radius 3 is 2.61 bits per heavy atom. The third-order valence-electron chi connectivity index (χ3n) is 5.28. The summed E-state index contributed by atoms with van der Waals surface area (Å²) in [5.41, 5.74) is -0.683. The number of benzene rings is 2. The van der Waals surface area contributed by atoms with Crippen LogP contribution in [-0.2, 0) is 20.9 Å². The molecule has 1 unspecified atom stereocenters. The van der Waals surface area contributed by atoms with Crippen LogP contribution in [0.3, 0.4) is 0 Å². The zero-order valence-electron chi connectivity index (χ0n) is 20.8. The summed E-state index contributed by atoms with van der Waals surface area (Å²) in [5, 5.41) is 6.58. The molecule has 1 amide bonds. The van der Waals surface area contributed by atoms with E-state index in [0.717, 1.165) is 17.8 Å². The topological polar surface area (TPSA) is 89.5 Å². The third-order valence-corrected chi connectivity index (χ3v) is 5.28. The van der Waals surface area contributed by atoms with Gasteiger partial charge in [-0.1, -0.05) is 35.5 Å². The predicted molar refractivity (Wildman–Crippen MR) is 131 cm³/mol. The molecule has 1 atom stereocenters. The van der Waals surface area contributed by atoms with E-state index in [1.54, 1.807) is 32.6 Å². The number of amides is 1. The van der Waals surface area contributed by atoms with Crippen molar-refractivity contribution in [3.8, 4) is 0 Å². The van der Waals surface area contributed by atoms with E-state index < -0.39 is 34.9 Å². The number of ether oxygens (including phenoxy) is 2. The number of hydrogen-bond donors (Lipinski definition) is 1. The Balaban J connectivity index is 1.84. The average Bonchev–Trinajstić information content (AvgIpc) is 3.25. The molecule has 0 spiro atoms. The molecule has 1 aliphatic rings. The van der Waals surface area contributed by atoms with Gasteiger partial charge in [0.15, 0.2) is 0 Å². The Morgan fingerprint density at radius 2 is 1.94 bits per heavy atom. The zero-order valence-corrected chi connectivity index (χ0v) is 20.8. The van der Waals surface area contributed by atoms with Crippen molar-refractivity contribution in [2.24, 2.45) is 5.16 Å². The van der Waals surface area contributed by atoms with Crippen molar-refractivity contribution in [2.75, 3.05) is 24.6 Å². The highest BCUT2D eigenvalue weighted by atomic mass is 19.1.